The van der Waals surface area contributed by atoms with Crippen LogP contribution < -0.4 is 5.19 Å². The molecule has 7 aromatic carbocycles. The lowest BCUT2D eigenvalue weighted by atomic mass is 9.82. The van der Waals surface area contributed by atoms with Crippen LogP contribution in [0.4, 0.5) is 0 Å². The molecule has 0 aliphatic heterocycles. The maximum atomic E-state index is 5.05. The first-order valence-electron chi connectivity index (χ1n) is 18.7. The Labute approximate surface area is 317 Å². The summed E-state index contributed by atoms with van der Waals surface area (Å²) >= 11 is 0. The molecule has 54 heavy (non-hydrogen) atoms. The van der Waals surface area contributed by atoms with Gasteiger partial charge in [0.25, 0.3) is 0 Å². The zero-order chi connectivity index (χ0) is 36.4. The lowest BCUT2D eigenvalue weighted by molar-refractivity contribution is 1.25. The molecule has 1 aliphatic rings. The highest BCUT2D eigenvalue weighted by molar-refractivity contribution is 6.88. The van der Waals surface area contributed by atoms with Crippen molar-refractivity contribution in [3.05, 3.63) is 176 Å². The molecule has 9 aromatic rings. The number of fused-ring (bicyclic) bond motifs is 4. The molecule has 0 saturated heterocycles. The van der Waals surface area contributed by atoms with Gasteiger partial charge in [0.15, 0.2) is 0 Å². The summed E-state index contributed by atoms with van der Waals surface area (Å²) in [6.07, 6.45) is 2.01. The van der Waals surface area contributed by atoms with E-state index in [0.717, 1.165) is 28.2 Å². The predicted octanol–water partition coefficient (Wildman–Crippen LogP) is 13.3. The van der Waals surface area contributed by atoms with Crippen LogP contribution in [0.5, 0.6) is 0 Å². The Hall–Kier alpha value is -6.42. The molecule has 0 bridgehead atoms. The number of benzene rings is 7. The van der Waals surface area contributed by atoms with Crippen molar-refractivity contribution in [1.29, 1.82) is 0 Å². The molecule has 0 N–H and O–H groups in total. The highest BCUT2D eigenvalue weighted by Crippen LogP contribution is 2.58. The average molecular weight is 707 g/mol. The largest absolute Gasteiger partial charge is 0.254 e. The summed E-state index contributed by atoms with van der Waals surface area (Å²) < 4.78 is 0. The lowest BCUT2D eigenvalue weighted by Crippen LogP contribution is -2.37. The highest BCUT2D eigenvalue weighted by atomic mass is 28.3. The summed E-state index contributed by atoms with van der Waals surface area (Å²) in [5.41, 5.74) is 16.3. The van der Waals surface area contributed by atoms with Crippen molar-refractivity contribution in [3.8, 4) is 78.3 Å². The fourth-order valence-electron chi connectivity index (χ4n) is 8.45. The minimum Gasteiger partial charge on any atom is -0.254 e. The van der Waals surface area contributed by atoms with Crippen molar-refractivity contribution >= 4 is 34.8 Å². The second-order valence-electron chi connectivity index (χ2n) is 15.3. The van der Waals surface area contributed by atoms with E-state index >= 15 is 0 Å². The van der Waals surface area contributed by atoms with Gasteiger partial charge in [0.1, 0.15) is 0 Å². The molecule has 2 aromatic heterocycles. The van der Waals surface area contributed by atoms with E-state index in [4.69, 9.17) is 9.97 Å². The van der Waals surface area contributed by atoms with Crippen molar-refractivity contribution in [2.75, 3.05) is 0 Å². The van der Waals surface area contributed by atoms with Crippen LogP contribution in [0, 0.1) is 0 Å². The van der Waals surface area contributed by atoms with E-state index in [1.54, 1.807) is 0 Å². The third-order valence-corrected chi connectivity index (χ3v) is 13.1. The average Bonchev–Trinajstić information content (AvgIpc) is 3.55. The second-order valence-corrected chi connectivity index (χ2v) is 20.4. The van der Waals surface area contributed by atoms with Crippen LogP contribution in [-0.4, -0.2) is 18.0 Å². The monoisotopic (exact) mass is 706 g/mol. The smallest absolute Gasteiger partial charge is 0.0893 e. The topological polar surface area (TPSA) is 25.8 Å². The number of hydrogen-bond donors (Lipinski definition) is 0. The Morgan fingerprint density at radius 1 is 0.352 bits per heavy atom. The molecule has 0 radical (unpaired) electrons. The minimum absolute atomic E-state index is 0.865. The molecule has 2 nitrogen and oxygen atoms in total. The van der Waals surface area contributed by atoms with E-state index in [9.17, 15) is 0 Å². The van der Waals surface area contributed by atoms with Crippen molar-refractivity contribution in [3.63, 3.8) is 0 Å². The second kappa shape index (κ2) is 12.6. The van der Waals surface area contributed by atoms with Crippen LogP contribution in [0.3, 0.4) is 0 Å². The normalized spacial score (nSPS) is 12.0. The van der Waals surface area contributed by atoms with Crippen LogP contribution in [-0.2, 0) is 0 Å². The highest BCUT2D eigenvalue weighted by Gasteiger charge is 2.31. The Kier molecular flexibility index (Phi) is 7.53. The Morgan fingerprint density at radius 2 is 0.889 bits per heavy atom. The van der Waals surface area contributed by atoms with Crippen molar-refractivity contribution in [1.82, 2.24) is 9.97 Å². The lowest BCUT2D eigenvalue weighted by Gasteiger charge is -2.20. The fraction of sp³-hybridized carbons (Fsp3) is 0.0588. The van der Waals surface area contributed by atoms with Crippen LogP contribution >= 0.6 is 0 Å². The molecule has 256 valence electrons. The number of aromatic nitrogens is 2. The van der Waals surface area contributed by atoms with Crippen molar-refractivity contribution < 1.29 is 0 Å². The molecule has 3 heteroatoms. The van der Waals surface area contributed by atoms with Gasteiger partial charge in [-0.3, -0.25) is 4.98 Å². The summed E-state index contributed by atoms with van der Waals surface area (Å²) in [7, 11) is -1.37. The number of rotatable bonds is 6. The first-order valence-corrected chi connectivity index (χ1v) is 22.2. The summed E-state index contributed by atoms with van der Waals surface area (Å²) in [6.45, 7) is 7.14. The standard InChI is InChI=1S/C51H38N2Si/c1-54(2,3)37-27-24-33(25-28-37)44-22-13-23-46(53-44)45-31-26-36(32-52-45)38-29-30-43-49-39(38)20-12-21-42(49)50-47(34-14-6-4-7-15-34)40-18-10-11-19-41(40)48(51(43)50)35-16-8-5-9-17-35/h4-32H,1-3H3. The van der Waals surface area contributed by atoms with Gasteiger partial charge in [-0.1, -0.05) is 176 Å². The van der Waals surface area contributed by atoms with E-state index in [1.807, 2.05) is 6.20 Å². The summed E-state index contributed by atoms with van der Waals surface area (Å²) in [6, 6.07) is 61.7. The van der Waals surface area contributed by atoms with Gasteiger partial charge in [0, 0.05) is 17.3 Å². The SMILES string of the molecule is C[Si](C)(C)c1ccc(-c2cccc(-c3ccc(-c4ccc5c6c(cccc46)-c4c-5c(-c5ccccc5)c5ccccc5c4-c4ccccc4)cn3)n2)cc1. The Bertz CT molecular complexity index is 2780. The van der Waals surface area contributed by atoms with Gasteiger partial charge in [0.2, 0.25) is 0 Å². The molecule has 0 unspecified atom stereocenters. The van der Waals surface area contributed by atoms with Crippen LogP contribution in [0.1, 0.15) is 0 Å². The van der Waals surface area contributed by atoms with Crippen molar-refractivity contribution in [2.24, 2.45) is 0 Å². The molecule has 1 aliphatic carbocycles. The molecule has 0 spiro atoms. The predicted molar refractivity (Wildman–Crippen MR) is 232 cm³/mol. The van der Waals surface area contributed by atoms with E-state index in [0.29, 0.717) is 0 Å². The van der Waals surface area contributed by atoms with E-state index in [1.165, 1.54) is 76.8 Å². The molecule has 0 atom stereocenters. The Balaban J connectivity index is 1.11. The zero-order valence-corrected chi connectivity index (χ0v) is 31.6. The van der Waals surface area contributed by atoms with Gasteiger partial charge in [-0.2, -0.15) is 0 Å². The van der Waals surface area contributed by atoms with Crippen LogP contribution in [0.25, 0.3) is 99.8 Å². The van der Waals surface area contributed by atoms with Crippen molar-refractivity contribution in [2.45, 2.75) is 19.6 Å². The van der Waals surface area contributed by atoms with Gasteiger partial charge in [-0.05, 0) is 89.8 Å². The van der Waals surface area contributed by atoms with Gasteiger partial charge >= 0.3 is 0 Å². The summed E-state index contributed by atoms with van der Waals surface area (Å²) in [4.78, 5) is 10.1. The molecule has 10 rings (SSSR count). The first-order chi connectivity index (χ1) is 26.4. The van der Waals surface area contributed by atoms with Crippen LogP contribution in [0.15, 0.2) is 176 Å². The molecule has 0 amide bonds. The van der Waals surface area contributed by atoms with Gasteiger partial charge in [-0.15, -0.1) is 0 Å². The summed E-state index contributed by atoms with van der Waals surface area (Å²) in [5, 5.41) is 6.53. The number of nitrogens with zero attached hydrogens (tertiary/aromatic N) is 2. The van der Waals surface area contributed by atoms with Crippen LogP contribution in [0.2, 0.25) is 19.6 Å². The van der Waals surface area contributed by atoms with Gasteiger partial charge < -0.3 is 0 Å². The molecule has 2 heterocycles. The van der Waals surface area contributed by atoms with Gasteiger partial charge in [-0.25, -0.2) is 4.98 Å². The molecule has 0 fully saturated rings. The quantitative estimate of drug-likeness (QED) is 0.161. The zero-order valence-electron chi connectivity index (χ0n) is 30.6. The first kappa shape index (κ1) is 32.2. The molecule has 0 saturated carbocycles. The van der Waals surface area contributed by atoms with Gasteiger partial charge in [0.05, 0.1) is 25.2 Å². The Morgan fingerprint density at radius 3 is 1.50 bits per heavy atom. The van der Waals surface area contributed by atoms with E-state index in [2.05, 4.69) is 189 Å². The van der Waals surface area contributed by atoms with E-state index < -0.39 is 8.07 Å². The number of pyridine rings is 2. The minimum atomic E-state index is -1.37. The maximum Gasteiger partial charge on any atom is 0.0893 e. The fourth-order valence-corrected chi connectivity index (χ4v) is 9.61. The third-order valence-electron chi connectivity index (χ3n) is 11.1. The van der Waals surface area contributed by atoms with E-state index in [-0.39, 0.29) is 0 Å². The summed E-state index contributed by atoms with van der Waals surface area (Å²) in [5.74, 6) is 0. The maximum absolute atomic E-state index is 5.05. The molecular weight excluding hydrogens is 669 g/mol. The molecular formula is C51H38N2Si. The third kappa shape index (κ3) is 5.23. The number of hydrogen-bond acceptors (Lipinski definition) is 2.